The zero-order valence-electron chi connectivity index (χ0n) is 15.0. The van der Waals surface area contributed by atoms with E-state index in [0.717, 1.165) is 17.8 Å². The monoisotopic (exact) mass is 445 g/mol. The highest BCUT2D eigenvalue weighted by atomic mass is 35.5. The predicted molar refractivity (Wildman–Crippen MR) is 102 cm³/mol. The first-order valence-corrected chi connectivity index (χ1v) is 9.55. The predicted octanol–water partition coefficient (Wildman–Crippen LogP) is 5.13. The number of para-hydroxylation sites is 1. The van der Waals surface area contributed by atoms with Crippen LogP contribution in [0.2, 0.25) is 5.02 Å². The number of carbonyl (C=O) groups is 1. The summed E-state index contributed by atoms with van der Waals surface area (Å²) in [4.78, 5) is 19.2. The third-order valence-corrected chi connectivity index (χ3v) is 5.43. The average Bonchev–Trinajstić information content (AvgIpc) is 2.99. The van der Waals surface area contributed by atoms with Crippen LogP contribution in [-0.4, -0.2) is 32.7 Å². The van der Waals surface area contributed by atoms with Crippen LogP contribution in [-0.2, 0) is 17.5 Å². The summed E-state index contributed by atoms with van der Waals surface area (Å²) in [6, 6.07) is 6.12. The molecule has 0 fully saturated rings. The van der Waals surface area contributed by atoms with Gasteiger partial charge in [-0.2, -0.15) is 13.2 Å². The highest BCUT2D eigenvalue weighted by Crippen LogP contribution is 2.38. The fourth-order valence-electron chi connectivity index (χ4n) is 2.69. The normalized spacial score (nSPS) is 11.8. The Balaban J connectivity index is 2.00. The molecule has 0 aliphatic rings. The second-order valence-electron chi connectivity index (χ2n) is 5.98. The summed E-state index contributed by atoms with van der Waals surface area (Å²) in [5.74, 6) is -0.401. The minimum atomic E-state index is -4.54. The number of ether oxygens (including phenoxy) is 1. The van der Waals surface area contributed by atoms with E-state index in [-0.39, 0.29) is 16.5 Å². The number of benzene rings is 1. The van der Waals surface area contributed by atoms with E-state index in [1.807, 2.05) is 0 Å². The van der Waals surface area contributed by atoms with Crippen molar-refractivity contribution in [2.75, 3.05) is 7.11 Å². The number of imidazole rings is 1. The van der Waals surface area contributed by atoms with Gasteiger partial charge in [0, 0.05) is 19.2 Å². The topological polar surface area (TPSA) is 77.2 Å². The number of nitrogens with zero attached hydrogens (tertiary/aromatic N) is 3. The summed E-state index contributed by atoms with van der Waals surface area (Å²) in [5.41, 5.74) is 0.319. The van der Waals surface area contributed by atoms with E-state index < -0.39 is 17.7 Å². The third kappa shape index (κ3) is 4.76. The molecule has 0 atom stereocenters. The van der Waals surface area contributed by atoms with E-state index in [9.17, 15) is 18.0 Å². The Hall–Kier alpha value is -2.46. The number of methoxy groups -OCH3 is 1. The maximum Gasteiger partial charge on any atom is 0.417 e. The summed E-state index contributed by atoms with van der Waals surface area (Å²) in [5, 5.41) is 9.33. The van der Waals surface area contributed by atoms with Gasteiger partial charge in [0.25, 0.3) is 0 Å². The lowest BCUT2D eigenvalue weighted by molar-refractivity contribution is -0.138. The Labute approximate surface area is 172 Å². The van der Waals surface area contributed by atoms with E-state index in [1.54, 1.807) is 22.8 Å². The van der Waals surface area contributed by atoms with Crippen LogP contribution in [0.3, 0.4) is 0 Å². The molecule has 154 valence electrons. The number of rotatable bonds is 7. The molecule has 0 radical (unpaired) electrons. The molecule has 0 saturated carbocycles. The lowest BCUT2D eigenvalue weighted by Gasteiger charge is -2.10. The number of alkyl halides is 3. The van der Waals surface area contributed by atoms with Gasteiger partial charge in [-0.15, -0.1) is 0 Å². The van der Waals surface area contributed by atoms with Gasteiger partial charge in [0.05, 0.1) is 23.2 Å². The van der Waals surface area contributed by atoms with E-state index in [0.29, 0.717) is 41.1 Å². The number of carboxylic acids is 1. The van der Waals surface area contributed by atoms with Crippen molar-refractivity contribution in [2.45, 2.75) is 35.7 Å². The summed E-state index contributed by atoms with van der Waals surface area (Å²) in [7, 11) is 1.50. The van der Waals surface area contributed by atoms with Crippen molar-refractivity contribution < 1.29 is 27.8 Å². The molecular formula is C18H15ClF3N3O3S. The number of pyridine rings is 1. The van der Waals surface area contributed by atoms with Crippen molar-refractivity contribution in [3.05, 3.63) is 41.0 Å². The van der Waals surface area contributed by atoms with Crippen LogP contribution < -0.4 is 4.74 Å². The van der Waals surface area contributed by atoms with Gasteiger partial charge < -0.3 is 14.4 Å². The van der Waals surface area contributed by atoms with Crippen LogP contribution >= 0.6 is 23.4 Å². The van der Waals surface area contributed by atoms with Gasteiger partial charge in [-0.05, 0) is 36.4 Å². The van der Waals surface area contributed by atoms with E-state index >= 15 is 0 Å². The molecule has 11 heteroatoms. The van der Waals surface area contributed by atoms with Crippen molar-refractivity contribution in [2.24, 2.45) is 0 Å². The van der Waals surface area contributed by atoms with Crippen molar-refractivity contribution in [3.8, 4) is 5.75 Å². The molecule has 2 heterocycles. The molecule has 6 nitrogen and oxygen atoms in total. The van der Waals surface area contributed by atoms with Gasteiger partial charge in [0.1, 0.15) is 16.3 Å². The van der Waals surface area contributed by atoms with Crippen LogP contribution in [0.1, 0.15) is 18.4 Å². The molecule has 0 amide bonds. The Kier molecular flexibility index (Phi) is 6.23. The number of fused-ring (bicyclic) bond motifs is 1. The molecule has 0 aliphatic heterocycles. The Morgan fingerprint density at radius 3 is 2.76 bits per heavy atom. The molecular weight excluding hydrogens is 431 g/mol. The Bertz CT molecular complexity index is 1060. The third-order valence-electron chi connectivity index (χ3n) is 4.02. The van der Waals surface area contributed by atoms with Gasteiger partial charge in [-0.25, -0.2) is 9.97 Å². The highest BCUT2D eigenvalue weighted by molar-refractivity contribution is 7.99. The number of aliphatic carboxylic acids is 1. The van der Waals surface area contributed by atoms with Crippen molar-refractivity contribution in [1.82, 2.24) is 14.5 Å². The first kappa shape index (κ1) is 21.3. The van der Waals surface area contributed by atoms with Crippen LogP contribution in [0, 0.1) is 0 Å². The van der Waals surface area contributed by atoms with Crippen LogP contribution in [0.4, 0.5) is 13.2 Å². The van der Waals surface area contributed by atoms with E-state index in [4.69, 9.17) is 21.4 Å². The molecule has 0 spiro atoms. The highest BCUT2D eigenvalue weighted by Gasteiger charge is 2.31. The van der Waals surface area contributed by atoms with Crippen LogP contribution in [0.15, 0.2) is 40.6 Å². The maximum atomic E-state index is 12.8. The summed E-state index contributed by atoms with van der Waals surface area (Å²) >= 11 is 7.02. The number of hydrogen-bond acceptors (Lipinski definition) is 5. The standard InChI is InChI=1S/C18H15ClF3N3O3S/c1-28-13-5-2-4-12-15(13)24-17(25(12)7-3-6-14(26)27)29-16-11(19)8-10(9-23-16)18(20,21)22/h2,4-5,8-9H,3,6-7H2,1H3,(H,26,27). The molecule has 0 bridgehead atoms. The van der Waals surface area contributed by atoms with Crippen molar-refractivity contribution in [1.29, 1.82) is 0 Å². The van der Waals surface area contributed by atoms with Gasteiger partial charge >= 0.3 is 12.1 Å². The smallest absolute Gasteiger partial charge is 0.417 e. The zero-order valence-corrected chi connectivity index (χ0v) is 16.6. The van der Waals surface area contributed by atoms with Crippen LogP contribution in [0.25, 0.3) is 11.0 Å². The molecule has 3 rings (SSSR count). The number of aromatic nitrogens is 3. The van der Waals surface area contributed by atoms with Gasteiger partial charge in [-0.3, -0.25) is 4.79 Å². The number of carboxylic acid groups (broad SMARTS) is 1. The molecule has 1 N–H and O–H groups in total. The maximum absolute atomic E-state index is 12.8. The summed E-state index contributed by atoms with van der Waals surface area (Å²) in [6.45, 7) is 0.344. The number of aryl methyl sites for hydroxylation is 1. The molecule has 0 unspecified atom stereocenters. The molecule has 0 saturated heterocycles. The Morgan fingerprint density at radius 2 is 2.14 bits per heavy atom. The van der Waals surface area contributed by atoms with Crippen LogP contribution in [0.5, 0.6) is 5.75 Å². The minimum absolute atomic E-state index is 0.0347. The summed E-state index contributed by atoms with van der Waals surface area (Å²) in [6.07, 6.45) is -3.52. The largest absolute Gasteiger partial charge is 0.494 e. The fourth-order valence-corrected chi connectivity index (χ4v) is 3.84. The summed E-state index contributed by atoms with van der Waals surface area (Å²) < 4.78 is 45.6. The molecule has 29 heavy (non-hydrogen) atoms. The lowest BCUT2D eigenvalue weighted by atomic mass is 10.2. The van der Waals surface area contributed by atoms with Gasteiger partial charge in [-0.1, -0.05) is 17.7 Å². The lowest BCUT2D eigenvalue weighted by Crippen LogP contribution is -2.06. The fraction of sp³-hybridized carbons (Fsp3) is 0.278. The van der Waals surface area contributed by atoms with E-state index in [1.165, 1.54) is 7.11 Å². The van der Waals surface area contributed by atoms with Crippen molar-refractivity contribution >= 4 is 40.4 Å². The van der Waals surface area contributed by atoms with Crippen molar-refractivity contribution in [3.63, 3.8) is 0 Å². The molecule has 0 aliphatic carbocycles. The SMILES string of the molecule is COc1cccc2c1nc(Sc1ncc(C(F)(F)F)cc1Cl)n2CCCC(=O)O. The number of halogens is 4. The minimum Gasteiger partial charge on any atom is -0.494 e. The zero-order chi connectivity index (χ0) is 21.2. The molecule has 3 aromatic rings. The van der Waals surface area contributed by atoms with E-state index in [2.05, 4.69) is 9.97 Å². The first-order valence-electron chi connectivity index (χ1n) is 8.36. The second-order valence-corrected chi connectivity index (χ2v) is 7.35. The number of hydrogen-bond donors (Lipinski definition) is 1. The first-order chi connectivity index (χ1) is 13.7. The average molecular weight is 446 g/mol. The van der Waals surface area contributed by atoms with Gasteiger partial charge in [0.2, 0.25) is 0 Å². The molecule has 1 aromatic carbocycles. The molecule has 2 aromatic heterocycles. The Morgan fingerprint density at radius 1 is 1.38 bits per heavy atom. The second kappa shape index (κ2) is 8.50. The quantitative estimate of drug-likeness (QED) is 0.543. The van der Waals surface area contributed by atoms with Gasteiger partial charge in [0.15, 0.2) is 5.16 Å².